The first-order valence-electron chi connectivity index (χ1n) is 14.3. The lowest BCUT2D eigenvalue weighted by molar-refractivity contribution is 0.0374. The van der Waals surface area contributed by atoms with Crippen LogP contribution in [0.2, 0.25) is 5.02 Å². The number of fused-ring (bicyclic) bond motifs is 2. The summed E-state index contributed by atoms with van der Waals surface area (Å²) in [4.78, 5) is 24.4. The lowest BCUT2D eigenvalue weighted by atomic mass is 10.1. The maximum Gasteiger partial charge on any atom is 0.251 e. The molecule has 4 aromatic rings. The highest BCUT2D eigenvalue weighted by atomic mass is 35.5. The number of anilines is 2. The third kappa shape index (κ3) is 6.64. The molecule has 0 radical (unpaired) electrons. The van der Waals surface area contributed by atoms with Crippen LogP contribution < -0.4 is 31.1 Å². The fraction of sp³-hybridized carbons (Fsp3) is 0.242. The van der Waals surface area contributed by atoms with E-state index in [4.69, 9.17) is 26.1 Å². The predicted octanol–water partition coefficient (Wildman–Crippen LogP) is 3.12. The summed E-state index contributed by atoms with van der Waals surface area (Å²) in [5.41, 5.74) is 3.14. The molecule has 0 aliphatic carbocycles. The van der Waals surface area contributed by atoms with Crippen molar-refractivity contribution in [2.45, 2.75) is 6.42 Å². The van der Waals surface area contributed by atoms with Gasteiger partial charge in [-0.3, -0.25) is 9.69 Å². The van der Waals surface area contributed by atoms with E-state index in [-0.39, 0.29) is 5.91 Å². The maximum atomic E-state index is 12.7. The average molecular weight is 597 g/mol. The second kappa shape index (κ2) is 13.2. The Morgan fingerprint density at radius 2 is 1.88 bits per heavy atom. The Balaban J connectivity index is 1.23. The summed E-state index contributed by atoms with van der Waals surface area (Å²) in [6.07, 6.45) is 4.57. The van der Waals surface area contributed by atoms with Crippen molar-refractivity contribution in [1.82, 2.24) is 25.5 Å². The quantitative estimate of drug-likeness (QED) is 0.254. The minimum atomic E-state index is -0.0878. The van der Waals surface area contributed by atoms with Gasteiger partial charge in [0.15, 0.2) is 0 Å². The van der Waals surface area contributed by atoms with Crippen molar-refractivity contribution in [2.75, 3.05) is 51.8 Å². The predicted molar refractivity (Wildman–Crippen MR) is 167 cm³/mol. The molecule has 43 heavy (non-hydrogen) atoms. The summed E-state index contributed by atoms with van der Waals surface area (Å²) in [7, 11) is 1.66. The molecule has 10 heteroatoms. The van der Waals surface area contributed by atoms with E-state index in [1.54, 1.807) is 25.4 Å². The number of halogens is 1. The van der Waals surface area contributed by atoms with E-state index in [2.05, 4.69) is 25.8 Å². The lowest BCUT2D eigenvalue weighted by Crippen LogP contribution is -2.38. The highest BCUT2D eigenvalue weighted by Crippen LogP contribution is 2.23. The number of ether oxygens (including phenoxy) is 2. The molecule has 1 amide bonds. The molecule has 2 aliphatic heterocycles. The van der Waals surface area contributed by atoms with E-state index in [0.717, 1.165) is 83.0 Å². The normalized spacial score (nSPS) is 14.4. The molecule has 0 spiro atoms. The van der Waals surface area contributed by atoms with Gasteiger partial charge in [0.05, 0.1) is 31.4 Å². The van der Waals surface area contributed by atoms with Gasteiger partial charge in [0.25, 0.3) is 5.91 Å². The zero-order valence-electron chi connectivity index (χ0n) is 23.9. The molecule has 0 bridgehead atoms. The van der Waals surface area contributed by atoms with Crippen molar-refractivity contribution < 1.29 is 14.3 Å². The number of carbonyl (C=O) groups excluding carboxylic acids is 1. The molecular formula is C33H33ClN6O3. The van der Waals surface area contributed by atoms with Gasteiger partial charge < -0.3 is 25.4 Å². The molecule has 220 valence electrons. The van der Waals surface area contributed by atoms with Crippen LogP contribution in [0.4, 0.5) is 11.6 Å². The molecule has 0 saturated carbocycles. The van der Waals surface area contributed by atoms with Gasteiger partial charge in [-0.15, -0.1) is 0 Å². The largest absolute Gasteiger partial charge is 0.496 e. The topological polar surface area (TPSA) is 101 Å². The van der Waals surface area contributed by atoms with E-state index in [1.807, 2.05) is 60.8 Å². The first-order valence-corrected chi connectivity index (χ1v) is 14.7. The molecule has 1 saturated heterocycles. The SMILES string of the molecule is COc1ccccc1C1=c2cc(Cl)ccc2=c2nc(Nc3ccc(C(=O)NCCCN4CCOCC4)cc3)ncc2=CN1. The van der Waals surface area contributed by atoms with Crippen LogP contribution in [0.3, 0.4) is 0 Å². The van der Waals surface area contributed by atoms with Crippen molar-refractivity contribution in [3.8, 4) is 5.75 Å². The van der Waals surface area contributed by atoms with Gasteiger partial charge >= 0.3 is 0 Å². The van der Waals surface area contributed by atoms with Gasteiger partial charge in [0.2, 0.25) is 5.95 Å². The Kier molecular flexibility index (Phi) is 8.83. The minimum Gasteiger partial charge on any atom is -0.496 e. The Bertz CT molecular complexity index is 1840. The zero-order chi connectivity index (χ0) is 29.6. The van der Waals surface area contributed by atoms with Crippen LogP contribution >= 0.6 is 11.6 Å². The number of hydrogen-bond donors (Lipinski definition) is 3. The van der Waals surface area contributed by atoms with Crippen LogP contribution in [0.5, 0.6) is 5.75 Å². The van der Waals surface area contributed by atoms with Crippen LogP contribution in [0.15, 0.2) is 72.9 Å². The molecule has 0 unspecified atom stereocenters. The number of amides is 1. The summed E-state index contributed by atoms with van der Waals surface area (Å²) in [5.74, 6) is 1.10. The second-order valence-electron chi connectivity index (χ2n) is 10.3. The molecule has 0 atom stereocenters. The summed E-state index contributed by atoms with van der Waals surface area (Å²) in [6.45, 7) is 5.06. The molecule has 3 aromatic carbocycles. The Labute approximate surface area is 254 Å². The number of benzene rings is 3. The highest BCUT2D eigenvalue weighted by molar-refractivity contribution is 6.30. The summed E-state index contributed by atoms with van der Waals surface area (Å²) in [5, 5.41) is 13.7. The Hall–Kier alpha value is -4.44. The number of nitrogens with one attached hydrogen (secondary N) is 3. The smallest absolute Gasteiger partial charge is 0.251 e. The van der Waals surface area contributed by atoms with Crippen molar-refractivity contribution in [3.63, 3.8) is 0 Å². The molecule has 3 N–H and O–H groups in total. The Morgan fingerprint density at radius 1 is 1.07 bits per heavy atom. The van der Waals surface area contributed by atoms with Crippen molar-refractivity contribution in [3.05, 3.63) is 110 Å². The van der Waals surface area contributed by atoms with Crippen LogP contribution in [0, 0.1) is 10.6 Å². The second-order valence-corrected chi connectivity index (χ2v) is 10.8. The maximum absolute atomic E-state index is 12.7. The van der Waals surface area contributed by atoms with Gasteiger partial charge in [-0.25, -0.2) is 9.97 Å². The van der Waals surface area contributed by atoms with Gasteiger partial charge in [0.1, 0.15) is 5.75 Å². The summed E-state index contributed by atoms with van der Waals surface area (Å²) < 4.78 is 11.0. The number of rotatable bonds is 9. The van der Waals surface area contributed by atoms with Gasteiger partial charge in [-0.1, -0.05) is 29.8 Å². The van der Waals surface area contributed by atoms with E-state index in [1.165, 1.54) is 0 Å². The third-order valence-electron chi connectivity index (χ3n) is 7.52. The van der Waals surface area contributed by atoms with Gasteiger partial charge in [0, 0.05) is 69.5 Å². The molecule has 2 aliphatic rings. The van der Waals surface area contributed by atoms with Crippen molar-refractivity contribution >= 4 is 41.0 Å². The number of carbonyl (C=O) groups is 1. The first-order chi connectivity index (χ1) is 21.1. The van der Waals surface area contributed by atoms with E-state index in [0.29, 0.717) is 23.1 Å². The molecule has 6 rings (SSSR count). The fourth-order valence-corrected chi connectivity index (χ4v) is 5.44. The summed E-state index contributed by atoms with van der Waals surface area (Å²) >= 11 is 6.46. The van der Waals surface area contributed by atoms with E-state index < -0.39 is 0 Å². The molecule has 3 heterocycles. The minimum absolute atomic E-state index is 0.0878. The van der Waals surface area contributed by atoms with Crippen LogP contribution in [-0.4, -0.2) is 67.3 Å². The highest BCUT2D eigenvalue weighted by Gasteiger charge is 2.13. The molecular weight excluding hydrogens is 564 g/mol. The number of nitrogens with zero attached hydrogens (tertiary/aromatic N) is 3. The van der Waals surface area contributed by atoms with Crippen LogP contribution in [0.25, 0.3) is 11.9 Å². The lowest BCUT2D eigenvalue weighted by Gasteiger charge is -2.26. The monoisotopic (exact) mass is 596 g/mol. The number of hydrogen-bond acceptors (Lipinski definition) is 8. The van der Waals surface area contributed by atoms with Crippen LogP contribution in [0.1, 0.15) is 22.3 Å². The number of para-hydroxylation sites is 1. The number of aromatic nitrogens is 2. The van der Waals surface area contributed by atoms with E-state index >= 15 is 0 Å². The van der Waals surface area contributed by atoms with Gasteiger partial charge in [-0.05, 0) is 61.5 Å². The molecule has 9 nitrogen and oxygen atoms in total. The summed E-state index contributed by atoms with van der Waals surface area (Å²) in [6, 6.07) is 20.9. The van der Waals surface area contributed by atoms with Crippen molar-refractivity contribution in [1.29, 1.82) is 0 Å². The number of methoxy groups -OCH3 is 1. The average Bonchev–Trinajstić information content (AvgIpc) is 3.20. The number of morpholine rings is 1. The third-order valence-corrected chi connectivity index (χ3v) is 7.75. The van der Waals surface area contributed by atoms with Crippen molar-refractivity contribution in [2.24, 2.45) is 0 Å². The van der Waals surface area contributed by atoms with Crippen LogP contribution in [-0.2, 0) is 4.74 Å². The van der Waals surface area contributed by atoms with Gasteiger partial charge in [-0.2, -0.15) is 0 Å². The zero-order valence-corrected chi connectivity index (χ0v) is 24.7. The Morgan fingerprint density at radius 3 is 2.70 bits per heavy atom. The molecule has 1 fully saturated rings. The fourth-order valence-electron chi connectivity index (χ4n) is 5.27. The first kappa shape index (κ1) is 28.7. The molecule has 1 aromatic heterocycles. The standard InChI is InChI=1S/C33H33ClN6O3/c1-42-29-6-3-2-5-27(29)31-28-19-24(34)9-12-26(28)30-23(20-36-31)21-37-33(39-30)38-25-10-7-22(8-11-25)32(41)35-13-4-14-40-15-17-43-18-16-40/h2-3,5-12,19-21,36H,4,13-18H2,1H3,(H,35,41)(H,38,39). The van der Waals surface area contributed by atoms with E-state index in [9.17, 15) is 4.79 Å².